The first-order valence-corrected chi connectivity index (χ1v) is 19.6. The summed E-state index contributed by atoms with van der Waals surface area (Å²) in [6.45, 7) is 9.26. The summed E-state index contributed by atoms with van der Waals surface area (Å²) in [4.78, 5) is 0. The van der Waals surface area contributed by atoms with E-state index in [0.29, 0.717) is 0 Å². The normalized spacial score (nSPS) is 11.8. The summed E-state index contributed by atoms with van der Waals surface area (Å²) in [5, 5.41) is 20.6. The van der Waals surface area contributed by atoms with Crippen molar-refractivity contribution in [3.05, 3.63) is 0 Å². The molecule has 0 saturated carbocycles. The van der Waals surface area contributed by atoms with E-state index in [1.165, 1.54) is 167 Å². The zero-order chi connectivity index (χ0) is 31.6. The molecule has 3 nitrogen and oxygen atoms in total. The minimum absolute atomic E-state index is 0.0670. The maximum atomic E-state index is 10.8. The number of aliphatic hydroxyl groups is 2. The molecular weight excluding hydrogens is 552 g/mol. The molecule has 0 aromatic rings. The van der Waals surface area contributed by atoms with Gasteiger partial charge < -0.3 is 10.2 Å². The van der Waals surface area contributed by atoms with Gasteiger partial charge in [0.05, 0.1) is 12.2 Å². The summed E-state index contributed by atoms with van der Waals surface area (Å²) in [5.41, 5.74) is -0.830. The maximum absolute atomic E-state index is 10.8. The molecule has 0 aliphatic rings. The molecule has 0 unspecified atom stereocenters. The molecule has 0 rings (SSSR count). The van der Waals surface area contributed by atoms with E-state index in [1.807, 2.05) is 0 Å². The first-order valence-electron chi connectivity index (χ1n) is 18.9. The van der Waals surface area contributed by atoms with Crippen LogP contribution >= 0.6 is 0 Å². The van der Waals surface area contributed by atoms with E-state index in [1.54, 1.807) is 0 Å². The van der Waals surface area contributed by atoms with E-state index in [9.17, 15) is 10.2 Å². The molecular formula is C38H78O3Ti. The number of unbranched alkanes of at least 4 members (excludes halogenated alkanes) is 24. The molecule has 0 aromatic heterocycles. The Morgan fingerprint density at radius 1 is 0.405 bits per heavy atom. The Morgan fingerprint density at radius 3 is 0.786 bits per heavy atom. The standard InChI is InChI=1S/C38H78O2.O.Ti/c1-36(2)31-27-23-19-15-11-7-5-9-13-17-21-25-29-33-38(40,35-39)34-30-26-22-18-14-10-6-8-12-16-20-24-28-32-37(3)4;;/h36-37,39-40H,5-35H2,1-4H3;;. The van der Waals surface area contributed by atoms with Gasteiger partial charge in [0.2, 0.25) is 0 Å². The van der Waals surface area contributed by atoms with Crippen molar-refractivity contribution in [1.29, 1.82) is 0 Å². The van der Waals surface area contributed by atoms with E-state index < -0.39 is 5.60 Å². The van der Waals surface area contributed by atoms with Crippen molar-refractivity contribution < 1.29 is 33.9 Å². The van der Waals surface area contributed by atoms with E-state index in [4.69, 9.17) is 3.32 Å². The summed E-state index contributed by atoms with van der Waals surface area (Å²) in [5.74, 6) is 1.74. The third-order valence-electron chi connectivity index (χ3n) is 9.14. The van der Waals surface area contributed by atoms with Crippen molar-refractivity contribution in [3.63, 3.8) is 0 Å². The number of hydrogen-bond donors (Lipinski definition) is 2. The Morgan fingerprint density at radius 2 is 0.595 bits per heavy atom. The van der Waals surface area contributed by atoms with Crippen LogP contribution in [0.5, 0.6) is 0 Å². The fraction of sp³-hybridized carbons (Fsp3) is 1.00. The molecule has 0 spiro atoms. The fourth-order valence-electron chi connectivity index (χ4n) is 6.19. The van der Waals surface area contributed by atoms with Crippen LogP contribution in [0.15, 0.2) is 0 Å². The van der Waals surface area contributed by atoms with Gasteiger partial charge >= 0.3 is 23.7 Å². The first kappa shape index (κ1) is 44.6. The van der Waals surface area contributed by atoms with Gasteiger partial charge in [-0.25, -0.2) is 0 Å². The quantitative estimate of drug-likeness (QED) is 0.0560. The predicted octanol–water partition coefficient (Wildman–Crippen LogP) is 12.6. The third kappa shape index (κ3) is 36.6. The van der Waals surface area contributed by atoms with Crippen molar-refractivity contribution in [2.24, 2.45) is 11.8 Å². The zero-order valence-electron chi connectivity index (χ0n) is 29.4. The molecule has 0 bridgehead atoms. The Labute approximate surface area is 277 Å². The molecule has 252 valence electrons. The van der Waals surface area contributed by atoms with Crippen molar-refractivity contribution >= 4 is 0 Å². The molecule has 0 aliphatic heterocycles. The van der Waals surface area contributed by atoms with Crippen molar-refractivity contribution in [2.75, 3.05) is 6.61 Å². The second-order valence-electron chi connectivity index (χ2n) is 14.4. The molecule has 2 N–H and O–H groups in total. The van der Waals surface area contributed by atoms with Crippen molar-refractivity contribution in [3.8, 4) is 0 Å². The third-order valence-corrected chi connectivity index (χ3v) is 9.14. The Balaban J connectivity index is 0. The van der Waals surface area contributed by atoms with Crippen LogP contribution in [0.25, 0.3) is 0 Å². The van der Waals surface area contributed by atoms with E-state index >= 15 is 0 Å². The van der Waals surface area contributed by atoms with Gasteiger partial charge in [-0.3, -0.25) is 0 Å². The fourth-order valence-corrected chi connectivity index (χ4v) is 6.19. The molecule has 0 aliphatic carbocycles. The molecule has 0 atom stereocenters. The molecule has 42 heavy (non-hydrogen) atoms. The molecule has 0 radical (unpaired) electrons. The molecule has 0 amide bonds. The number of hydrogen-bond acceptors (Lipinski definition) is 3. The van der Waals surface area contributed by atoms with Crippen LogP contribution in [0.4, 0.5) is 0 Å². The second-order valence-corrected chi connectivity index (χ2v) is 14.4. The van der Waals surface area contributed by atoms with Gasteiger partial charge in [-0.1, -0.05) is 207 Å². The zero-order valence-corrected chi connectivity index (χ0v) is 30.9. The van der Waals surface area contributed by atoms with Crippen LogP contribution in [-0.4, -0.2) is 22.4 Å². The Bertz CT molecular complexity index is 459. The topological polar surface area (TPSA) is 57.5 Å². The van der Waals surface area contributed by atoms with Crippen LogP contribution in [0.3, 0.4) is 0 Å². The summed E-state index contributed by atoms with van der Waals surface area (Å²) in [6, 6.07) is 0. The van der Waals surface area contributed by atoms with Gasteiger partial charge in [-0.2, -0.15) is 0 Å². The second kappa shape index (κ2) is 35.9. The molecule has 0 heterocycles. The first-order chi connectivity index (χ1) is 20.4. The van der Waals surface area contributed by atoms with E-state index in [2.05, 4.69) is 27.7 Å². The molecule has 0 saturated heterocycles. The van der Waals surface area contributed by atoms with Gasteiger partial charge in [-0.15, -0.1) is 0 Å². The summed E-state index contributed by atoms with van der Waals surface area (Å²) in [6.07, 6.45) is 39.7. The van der Waals surface area contributed by atoms with E-state index in [-0.39, 0.29) is 6.61 Å². The number of aliphatic hydroxyl groups excluding tert-OH is 1. The van der Waals surface area contributed by atoms with E-state index in [0.717, 1.165) is 57.9 Å². The van der Waals surface area contributed by atoms with Crippen molar-refractivity contribution in [2.45, 2.75) is 226 Å². The Hall–Kier alpha value is 0.434. The monoisotopic (exact) mass is 631 g/mol. The minimum atomic E-state index is -0.830. The van der Waals surface area contributed by atoms with Crippen LogP contribution in [-0.2, 0) is 23.7 Å². The predicted molar refractivity (Wildman–Crippen MR) is 181 cm³/mol. The number of rotatable bonds is 33. The van der Waals surface area contributed by atoms with Crippen molar-refractivity contribution in [1.82, 2.24) is 0 Å². The van der Waals surface area contributed by atoms with Gasteiger partial charge in [0.15, 0.2) is 0 Å². The average molecular weight is 631 g/mol. The summed E-state index contributed by atoms with van der Waals surface area (Å²) < 4.78 is 8.25. The molecule has 0 fully saturated rings. The average Bonchev–Trinajstić information content (AvgIpc) is 2.97. The van der Waals surface area contributed by atoms with Gasteiger partial charge in [0, 0.05) is 0 Å². The van der Waals surface area contributed by atoms with Gasteiger partial charge in [-0.05, 0) is 24.7 Å². The van der Waals surface area contributed by atoms with Gasteiger partial charge in [0.25, 0.3) is 0 Å². The summed E-state index contributed by atoms with van der Waals surface area (Å²) >= 11 is 0.750. The van der Waals surface area contributed by atoms with Crippen LogP contribution in [0.1, 0.15) is 220 Å². The molecule has 4 heteroatoms. The SMILES string of the molecule is CC(C)CCCCCCCCCCCCCCCC(O)(CO)CCCCCCCCCCCCCCCC(C)C.[O]=[Ti]. The van der Waals surface area contributed by atoms with Crippen LogP contribution in [0, 0.1) is 11.8 Å². The van der Waals surface area contributed by atoms with Crippen LogP contribution in [0.2, 0.25) is 0 Å². The summed E-state index contributed by atoms with van der Waals surface area (Å²) in [7, 11) is 0. The van der Waals surface area contributed by atoms with Gasteiger partial charge in [0.1, 0.15) is 0 Å². The Kier molecular flexibility index (Phi) is 38.1. The molecule has 0 aromatic carbocycles. The van der Waals surface area contributed by atoms with Crippen LogP contribution < -0.4 is 0 Å².